The van der Waals surface area contributed by atoms with Gasteiger partial charge in [0, 0.05) is 5.56 Å². The predicted octanol–water partition coefficient (Wildman–Crippen LogP) is 4.47. The molecule has 0 bridgehead atoms. The summed E-state index contributed by atoms with van der Waals surface area (Å²) < 4.78 is 21.9. The molecule has 0 aliphatic rings. The first-order valence-corrected chi connectivity index (χ1v) is 9.76. The van der Waals surface area contributed by atoms with Crippen molar-refractivity contribution in [2.75, 3.05) is 26.9 Å². The number of amides is 1. The van der Waals surface area contributed by atoms with Crippen LogP contribution >= 0.6 is 11.6 Å². The molecule has 0 saturated heterocycles. The van der Waals surface area contributed by atoms with E-state index >= 15 is 0 Å². The number of hydrazone groups is 1. The van der Waals surface area contributed by atoms with Gasteiger partial charge in [0.2, 0.25) is 0 Å². The van der Waals surface area contributed by atoms with Crippen molar-refractivity contribution in [2.24, 2.45) is 5.10 Å². The molecule has 2 aromatic carbocycles. The normalized spacial score (nSPS) is 10.5. The van der Waals surface area contributed by atoms with E-state index in [0.29, 0.717) is 59.0 Å². The van der Waals surface area contributed by atoms with E-state index in [-0.39, 0.29) is 5.91 Å². The minimum atomic E-state index is -0.390. The molecule has 7 nitrogen and oxygen atoms in total. The zero-order valence-electron chi connectivity index (χ0n) is 17.2. The molecule has 160 valence electrons. The highest BCUT2D eigenvalue weighted by atomic mass is 35.5. The van der Waals surface area contributed by atoms with Gasteiger partial charge in [-0.15, -0.1) is 0 Å². The van der Waals surface area contributed by atoms with Crippen molar-refractivity contribution in [3.63, 3.8) is 0 Å². The fraction of sp³-hybridized carbons (Fsp3) is 0.273. The summed E-state index contributed by atoms with van der Waals surface area (Å²) in [4.78, 5) is 12.4. The Labute approximate surface area is 181 Å². The number of hydrogen-bond donors (Lipinski definition) is 1. The van der Waals surface area contributed by atoms with Crippen LogP contribution in [-0.2, 0) is 0 Å². The Morgan fingerprint density at radius 2 is 1.83 bits per heavy atom. The zero-order chi connectivity index (χ0) is 21.9. The summed E-state index contributed by atoms with van der Waals surface area (Å²) in [6.07, 6.45) is 3.07. The van der Waals surface area contributed by atoms with Gasteiger partial charge in [0.05, 0.1) is 31.6 Å². The summed E-state index contributed by atoms with van der Waals surface area (Å²) in [5.74, 6) is 1.56. The van der Waals surface area contributed by atoms with E-state index in [4.69, 9.17) is 30.5 Å². The molecule has 0 aliphatic carbocycles. The molecule has 0 aliphatic heterocycles. The SMILES string of the molecule is C=CCOc1c(Cl)cc(/C=N/NC(=O)c2ccc(OCC)c(OCC)c2)cc1OC. The summed E-state index contributed by atoms with van der Waals surface area (Å²) in [6.45, 7) is 8.60. The third-order valence-electron chi connectivity index (χ3n) is 3.78. The molecule has 2 rings (SSSR count). The third kappa shape index (κ3) is 6.15. The fourth-order valence-corrected chi connectivity index (χ4v) is 2.79. The minimum Gasteiger partial charge on any atom is -0.493 e. The molecule has 2 aromatic rings. The smallest absolute Gasteiger partial charge is 0.271 e. The summed E-state index contributed by atoms with van der Waals surface area (Å²) in [5.41, 5.74) is 3.50. The highest BCUT2D eigenvalue weighted by Crippen LogP contribution is 2.36. The first kappa shape index (κ1) is 23.1. The van der Waals surface area contributed by atoms with Crippen molar-refractivity contribution < 1.29 is 23.7 Å². The van der Waals surface area contributed by atoms with E-state index in [0.717, 1.165) is 0 Å². The molecule has 0 heterocycles. The van der Waals surface area contributed by atoms with Gasteiger partial charge in [0.25, 0.3) is 5.91 Å². The van der Waals surface area contributed by atoms with Crippen LogP contribution in [0.5, 0.6) is 23.0 Å². The van der Waals surface area contributed by atoms with Crippen molar-refractivity contribution in [1.29, 1.82) is 0 Å². The lowest BCUT2D eigenvalue weighted by molar-refractivity contribution is 0.0954. The Morgan fingerprint density at radius 1 is 1.10 bits per heavy atom. The van der Waals surface area contributed by atoms with Crippen LogP contribution in [0.4, 0.5) is 0 Å². The first-order valence-electron chi connectivity index (χ1n) is 9.38. The van der Waals surface area contributed by atoms with Crippen LogP contribution < -0.4 is 24.4 Å². The molecule has 1 amide bonds. The molecule has 1 N–H and O–H groups in total. The fourth-order valence-electron chi connectivity index (χ4n) is 2.52. The lowest BCUT2D eigenvalue weighted by Gasteiger charge is -2.12. The number of nitrogens with zero attached hydrogens (tertiary/aromatic N) is 1. The second-order valence-corrected chi connectivity index (χ2v) is 6.27. The number of hydrogen-bond acceptors (Lipinski definition) is 6. The standard InChI is InChI=1S/C22H25ClN2O5/c1-5-10-30-21-17(23)11-15(12-20(21)27-4)14-24-25-22(26)16-8-9-18(28-6-2)19(13-16)29-7-3/h5,8-9,11-14H,1,6-7,10H2,2-4H3,(H,25,26)/b24-14+. The van der Waals surface area contributed by atoms with Crippen LogP contribution in [0.2, 0.25) is 5.02 Å². The highest BCUT2D eigenvalue weighted by Gasteiger charge is 2.12. The van der Waals surface area contributed by atoms with Gasteiger partial charge in [0.15, 0.2) is 23.0 Å². The van der Waals surface area contributed by atoms with E-state index in [1.165, 1.54) is 13.3 Å². The number of methoxy groups -OCH3 is 1. The molecule has 0 fully saturated rings. The molecular formula is C22H25ClN2O5. The van der Waals surface area contributed by atoms with E-state index in [1.807, 2.05) is 13.8 Å². The molecule has 0 atom stereocenters. The van der Waals surface area contributed by atoms with Gasteiger partial charge in [0.1, 0.15) is 6.61 Å². The Bertz CT molecular complexity index is 915. The highest BCUT2D eigenvalue weighted by molar-refractivity contribution is 6.32. The first-order chi connectivity index (χ1) is 14.5. The van der Waals surface area contributed by atoms with Crippen LogP contribution in [0.25, 0.3) is 0 Å². The van der Waals surface area contributed by atoms with Crippen molar-refractivity contribution in [1.82, 2.24) is 5.43 Å². The monoisotopic (exact) mass is 432 g/mol. The lowest BCUT2D eigenvalue weighted by atomic mass is 10.2. The number of rotatable bonds is 11. The number of carbonyl (C=O) groups is 1. The van der Waals surface area contributed by atoms with Crippen LogP contribution in [0, 0.1) is 0 Å². The van der Waals surface area contributed by atoms with Gasteiger partial charge < -0.3 is 18.9 Å². The van der Waals surface area contributed by atoms with Gasteiger partial charge >= 0.3 is 0 Å². The van der Waals surface area contributed by atoms with E-state index in [1.54, 1.807) is 36.4 Å². The quantitative estimate of drug-likeness (QED) is 0.322. The summed E-state index contributed by atoms with van der Waals surface area (Å²) in [7, 11) is 1.51. The van der Waals surface area contributed by atoms with Crippen LogP contribution in [0.3, 0.4) is 0 Å². The van der Waals surface area contributed by atoms with Crippen LogP contribution in [0.15, 0.2) is 48.1 Å². The number of nitrogens with one attached hydrogen (secondary N) is 1. The van der Waals surface area contributed by atoms with Crippen molar-refractivity contribution >= 4 is 23.7 Å². The Morgan fingerprint density at radius 3 is 2.50 bits per heavy atom. The van der Waals surface area contributed by atoms with Crippen molar-refractivity contribution in [3.05, 3.63) is 59.1 Å². The molecule has 0 saturated carbocycles. The van der Waals surface area contributed by atoms with Crippen molar-refractivity contribution in [3.8, 4) is 23.0 Å². The molecule has 0 radical (unpaired) electrons. The van der Waals surface area contributed by atoms with Crippen LogP contribution in [-0.4, -0.2) is 39.1 Å². The maximum absolute atomic E-state index is 12.4. The summed E-state index contributed by atoms with van der Waals surface area (Å²) in [5, 5.41) is 4.35. The second kappa shape index (κ2) is 11.7. The Balaban J connectivity index is 2.13. The number of carbonyl (C=O) groups excluding carboxylic acids is 1. The van der Waals surface area contributed by atoms with Gasteiger partial charge in [-0.3, -0.25) is 4.79 Å². The van der Waals surface area contributed by atoms with E-state index in [2.05, 4.69) is 17.1 Å². The third-order valence-corrected chi connectivity index (χ3v) is 4.06. The van der Waals surface area contributed by atoms with Gasteiger partial charge in [-0.2, -0.15) is 5.10 Å². The largest absolute Gasteiger partial charge is 0.493 e. The number of ether oxygens (including phenoxy) is 4. The molecule has 0 aromatic heterocycles. The Kier molecular flexibility index (Phi) is 9.03. The lowest BCUT2D eigenvalue weighted by Crippen LogP contribution is -2.17. The predicted molar refractivity (Wildman–Crippen MR) is 118 cm³/mol. The van der Waals surface area contributed by atoms with E-state index in [9.17, 15) is 4.79 Å². The number of halogens is 1. The van der Waals surface area contributed by atoms with Gasteiger partial charge in [-0.25, -0.2) is 5.43 Å². The maximum atomic E-state index is 12.4. The Hall–Kier alpha value is -3.19. The molecular weight excluding hydrogens is 408 g/mol. The second-order valence-electron chi connectivity index (χ2n) is 5.86. The van der Waals surface area contributed by atoms with Crippen molar-refractivity contribution in [2.45, 2.75) is 13.8 Å². The number of benzene rings is 2. The van der Waals surface area contributed by atoms with Gasteiger partial charge in [-0.1, -0.05) is 24.3 Å². The van der Waals surface area contributed by atoms with Crippen LogP contribution in [0.1, 0.15) is 29.8 Å². The molecule has 0 spiro atoms. The minimum absolute atomic E-state index is 0.297. The topological polar surface area (TPSA) is 78.4 Å². The average Bonchev–Trinajstić information content (AvgIpc) is 2.74. The van der Waals surface area contributed by atoms with Gasteiger partial charge in [-0.05, 0) is 49.7 Å². The molecule has 0 unspecified atom stereocenters. The summed E-state index contributed by atoms with van der Waals surface area (Å²) >= 11 is 6.26. The molecule has 30 heavy (non-hydrogen) atoms. The average molecular weight is 433 g/mol. The van der Waals surface area contributed by atoms with E-state index < -0.39 is 0 Å². The zero-order valence-corrected chi connectivity index (χ0v) is 18.0. The summed E-state index contributed by atoms with van der Waals surface area (Å²) in [6, 6.07) is 8.31. The maximum Gasteiger partial charge on any atom is 0.271 e. The molecule has 8 heteroatoms.